The molecule has 1 fully saturated rings. The number of amides is 1. The van der Waals surface area contributed by atoms with Gasteiger partial charge in [0.05, 0.1) is 17.1 Å². The van der Waals surface area contributed by atoms with Crippen molar-refractivity contribution in [3.8, 4) is 11.3 Å². The Morgan fingerprint density at radius 3 is 2.59 bits per heavy atom. The molecule has 8 nitrogen and oxygen atoms in total. The molecule has 0 radical (unpaired) electrons. The van der Waals surface area contributed by atoms with Crippen molar-refractivity contribution in [3.63, 3.8) is 0 Å². The molecule has 0 spiro atoms. The van der Waals surface area contributed by atoms with E-state index >= 15 is 0 Å². The summed E-state index contributed by atoms with van der Waals surface area (Å²) in [6.07, 6.45) is 5.77. The molecule has 0 atom stereocenters. The molecule has 2 N–H and O–H groups in total. The van der Waals surface area contributed by atoms with Crippen LogP contribution in [0.5, 0.6) is 0 Å². The van der Waals surface area contributed by atoms with Crippen LogP contribution in [0.3, 0.4) is 0 Å². The topological polar surface area (TPSA) is 78.3 Å². The Morgan fingerprint density at radius 1 is 1.03 bits per heavy atom. The molecule has 5 rings (SSSR count). The predicted octanol–water partition coefficient (Wildman–Crippen LogP) is 4.82. The monoisotopic (exact) mass is 495 g/mol. The number of anilines is 4. The van der Waals surface area contributed by atoms with Crippen LogP contribution in [-0.4, -0.2) is 58.6 Å². The van der Waals surface area contributed by atoms with E-state index in [1.165, 1.54) is 17.0 Å². The Kier molecular flexibility index (Phi) is 6.92. The van der Waals surface area contributed by atoms with Crippen molar-refractivity contribution < 1.29 is 4.79 Å². The number of benzene rings is 2. The zero-order valence-electron chi connectivity index (χ0n) is 21.7. The van der Waals surface area contributed by atoms with Gasteiger partial charge in [-0.05, 0) is 55.4 Å². The first-order valence-electron chi connectivity index (χ1n) is 12.6. The Balaban J connectivity index is 1.48. The second kappa shape index (κ2) is 10.4. The number of carbonyl (C=O) groups excluding carboxylic acids is 1. The minimum atomic E-state index is -0.230. The zero-order chi connectivity index (χ0) is 25.9. The highest BCUT2D eigenvalue weighted by atomic mass is 16.1. The fourth-order valence-electron chi connectivity index (χ4n) is 4.80. The van der Waals surface area contributed by atoms with Gasteiger partial charge in [0, 0.05) is 67.6 Å². The zero-order valence-corrected chi connectivity index (χ0v) is 21.7. The van der Waals surface area contributed by atoms with Gasteiger partial charge in [-0.25, -0.2) is 9.97 Å². The number of likely N-dealkylation sites (N-methyl/N-ethyl adjacent to an activating group) is 1. The average molecular weight is 496 g/mol. The summed E-state index contributed by atoms with van der Waals surface area (Å²) < 4.78 is 2.10. The second-order valence-corrected chi connectivity index (χ2v) is 9.48. The van der Waals surface area contributed by atoms with Crippen molar-refractivity contribution in [2.45, 2.75) is 13.3 Å². The van der Waals surface area contributed by atoms with Gasteiger partial charge >= 0.3 is 0 Å². The molecule has 0 bridgehead atoms. The summed E-state index contributed by atoms with van der Waals surface area (Å²) in [5.41, 5.74) is 6.90. The van der Waals surface area contributed by atoms with Gasteiger partial charge in [0.2, 0.25) is 5.91 Å². The van der Waals surface area contributed by atoms with Crippen molar-refractivity contribution >= 4 is 39.7 Å². The number of hydrogen-bond acceptors (Lipinski definition) is 6. The molecule has 2 aromatic carbocycles. The van der Waals surface area contributed by atoms with E-state index < -0.39 is 0 Å². The van der Waals surface area contributed by atoms with Gasteiger partial charge < -0.3 is 25.0 Å². The summed E-state index contributed by atoms with van der Waals surface area (Å²) in [6, 6.07) is 14.6. The van der Waals surface area contributed by atoms with Crippen LogP contribution in [0.1, 0.15) is 12.5 Å². The Bertz CT molecular complexity index is 1450. The lowest BCUT2D eigenvalue weighted by Gasteiger charge is -2.35. The van der Waals surface area contributed by atoms with E-state index in [0.717, 1.165) is 66.5 Å². The van der Waals surface area contributed by atoms with E-state index in [1.54, 1.807) is 6.33 Å². The lowest BCUT2D eigenvalue weighted by Crippen LogP contribution is -2.44. The summed E-state index contributed by atoms with van der Waals surface area (Å²) in [5, 5.41) is 7.67. The maximum Gasteiger partial charge on any atom is 0.247 e. The number of aryl methyl sites for hydroxylation is 2. The summed E-state index contributed by atoms with van der Waals surface area (Å²) >= 11 is 0. The minimum absolute atomic E-state index is 0.230. The van der Waals surface area contributed by atoms with Crippen LogP contribution in [0, 0.1) is 0 Å². The minimum Gasteiger partial charge on any atom is -0.367 e. The SMILES string of the molecule is C=CC(=O)Nc1cc(Nc2cc(-c3ccc4c(ccn4C)c3)ncn2)c(CC)cc1N1CCN(C)CC1. The second-order valence-electron chi connectivity index (χ2n) is 9.48. The standard InChI is InChI=1S/C29H33N7O/c1-5-20-16-27(36-13-11-34(3)12-14-36)25(33-29(37)6-2)17-24(20)32-28-18-23(30-19-31-28)21-7-8-26-22(15-21)9-10-35(26)4/h6-10,15-19H,2,5,11-14H2,1,3-4H3,(H,33,37)(H,30,31,32). The van der Waals surface area contributed by atoms with E-state index in [4.69, 9.17) is 0 Å². The van der Waals surface area contributed by atoms with E-state index in [1.807, 2.05) is 19.2 Å². The molecular formula is C29H33N7O. The van der Waals surface area contributed by atoms with Crippen LogP contribution in [-0.2, 0) is 18.3 Å². The smallest absolute Gasteiger partial charge is 0.247 e. The number of fused-ring (bicyclic) bond motifs is 1. The van der Waals surface area contributed by atoms with E-state index in [2.05, 4.69) is 92.0 Å². The van der Waals surface area contributed by atoms with Gasteiger partial charge in [-0.3, -0.25) is 4.79 Å². The van der Waals surface area contributed by atoms with Gasteiger partial charge in [0.15, 0.2) is 0 Å². The number of nitrogens with zero attached hydrogens (tertiary/aromatic N) is 5. The molecule has 37 heavy (non-hydrogen) atoms. The molecule has 1 saturated heterocycles. The Labute approximate surface area is 217 Å². The molecule has 0 saturated carbocycles. The molecule has 0 unspecified atom stereocenters. The van der Waals surface area contributed by atoms with Crippen LogP contribution < -0.4 is 15.5 Å². The Morgan fingerprint density at radius 2 is 1.84 bits per heavy atom. The Hall–Kier alpha value is -4.17. The van der Waals surface area contributed by atoms with Crippen LogP contribution >= 0.6 is 0 Å². The number of carbonyl (C=O) groups is 1. The third-order valence-electron chi connectivity index (χ3n) is 7.00. The van der Waals surface area contributed by atoms with Gasteiger partial charge in [0.25, 0.3) is 0 Å². The average Bonchev–Trinajstić information content (AvgIpc) is 3.29. The highest BCUT2D eigenvalue weighted by Gasteiger charge is 2.20. The maximum atomic E-state index is 12.3. The molecule has 1 aliphatic rings. The number of piperazine rings is 1. The first-order chi connectivity index (χ1) is 17.9. The van der Waals surface area contributed by atoms with Crippen LogP contribution in [0.4, 0.5) is 22.9 Å². The first kappa shape index (κ1) is 24.5. The maximum absolute atomic E-state index is 12.3. The van der Waals surface area contributed by atoms with Gasteiger partial charge in [-0.1, -0.05) is 19.6 Å². The summed E-state index contributed by atoms with van der Waals surface area (Å²) in [6.45, 7) is 9.54. The quantitative estimate of drug-likeness (QED) is 0.358. The molecular weight excluding hydrogens is 462 g/mol. The van der Waals surface area contributed by atoms with Gasteiger partial charge in [-0.2, -0.15) is 0 Å². The summed E-state index contributed by atoms with van der Waals surface area (Å²) in [4.78, 5) is 25.9. The fourth-order valence-corrected chi connectivity index (χ4v) is 4.80. The highest BCUT2D eigenvalue weighted by molar-refractivity contribution is 6.02. The lowest BCUT2D eigenvalue weighted by molar-refractivity contribution is -0.111. The third kappa shape index (κ3) is 5.20. The number of hydrogen-bond donors (Lipinski definition) is 2. The van der Waals surface area contributed by atoms with Crippen molar-refractivity contribution in [2.75, 3.05) is 48.8 Å². The van der Waals surface area contributed by atoms with Crippen LogP contribution in [0.25, 0.3) is 22.2 Å². The number of rotatable bonds is 7. The number of nitrogens with one attached hydrogen (secondary N) is 2. The molecule has 8 heteroatoms. The summed E-state index contributed by atoms with van der Waals surface area (Å²) in [7, 11) is 4.18. The lowest BCUT2D eigenvalue weighted by atomic mass is 10.1. The molecule has 190 valence electrons. The first-order valence-corrected chi connectivity index (χ1v) is 12.6. The fraction of sp³-hybridized carbons (Fsp3) is 0.276. The number of aromatic nitrogens is 3. The molecule has 4 aromatic rings. The third-order valence-corrected chi connectivity index (χ3v) is 7.00. The molecule has 0 aliphatic carbocycles. The molecule has 3 heterocycles. The van der Waals surface area contributed by atoms with Crippen molar-refractivity contribution in [2.24, 2.45) is 7.05 Å². The van der Waals surface area contributed by atoms with Crippen molar-refractivity contribution in [3.05, 3.63) is 73.2 Å². The molecule has 2 aromatic heterocycles. The van der Waals surface area contributed by atoms with Gasteiger partial charge in [0.1, 0.15) is 12.1 Å². The molecule has 1 amide bonds. The van der Waals surface area contributed by atoms with Gasteiger partial charge in [-0.15, -0.1) is 0 Å². The van der Waals surface area contributed by atoms with Crippen LogP contribution in [0.2, 0.25) is 0 Å². The van der Waals surface area contributed by atoms with Crippen LogP contribution in [0.15, 0.2) is 67.6 Å². The van der Waals surface area contributed by atoms with E-state index in [0.29, 0.717) is 5.82 Å². The van der Waals surface area contributed by atoms with E-state index in [9.17, 15) is 4.79 Å². The van der Waals surface area contributed by atoms with Crippen molar-refractivity contribution in [1.29, 1.82) is 0 Å². The van der Waals surface area contributed by atoms with E-state index in [-0.39, 0.29) is 5.91 Å². The normalized spacial score (nSPS) is 14.1. The summed E-state index contributed by atoms with van der Waals surface area (Å²) in [5.74, 6) is 0.465. The predicted molar refractivity (Wildman–Crippen MR) is 152 cm³/mol. The molecule has 1 aliphatic heterocycles. The highest BCUT2D eigenvalue weighted by Crippen LogP contribution is 2.35. The largest absolute Gasteiger partial charge is 0.367 e. The van der Waals surface area contributed by atoms with Crippen molar-refractivity contribution in [1.82, 2.24) is 19.4 Å².